The van der Waals surface area contributed by atoms with Crippen LogP contribution in [0.3, 0.4) is 0 Å². The highest BCUT2D eigenvalue weighted by atomic mass is 19.1. The first kappa shape index (κ1) is 16.7. The van der Waals surface area contributed by atoms with Crippen LogP contribution >= 0.6 is 0 Å². The van der Waals surface area contributed by atoms with Crippen molar-refractivity contribution >= 4 is 17.4 Å². The second kappa shape index (κ2) is 6.60. The van der Waals surface area contributed by atoms with Crippen LogP contribution < -0.4 is 10.6 Å². The number of carbonyl (C=O) groups is 1. The predicted octanol–water partition coefficient (Wildman–Crippen LogP) is 4.19. The van der Waals surface area contributed by atoms with Crippen LogP contribution in [0.5, 0.6) is 0 Å². The van der Waals surface area contributed by atoms with E-state index in [1.807, 2.05) is 30.3 Å². The van der Waals surface area contributed by atoms with E-state index >= 15 is 0 Å². The number of nitrogens with zero attached hydrogens (tertiary/aromatic N) is 2. The molecule has 140 valence electrons. The normalized spacial score (nSPS) is 21.2. The Bertz CT molecular complexity index is 1060. The van der Waals surface area contributed by atoms with Gasteiger partial charge in [-0.2, -0.15) is 0 Å². The third kappa shape index (κ3) is 2.85. The minimum Gasteiger partial charge on any atom is -0.353 e. The molecule has 1 aromatic heterocycles. The molecular weight excluding hydrogens is 359 g/mol. The van der Waals surface area contributed by atoms with E-state index in [1.165, 1.54) is 12.1 Å². The standard InChI is InChI=1S/C21H17FN4O2/c22-15-8-6-12(7-9-15)14-10-16-18(17(27)11-14)19(13-4-2-1-3-5-13)24-21-20(23-16)25-28-26-21/h1-9,14,19H,10-11H2,(H,23,25)(H,24,26). The summed E-state index contributed by atoms with van der Waals surface area (Å²) in [6, 6.07) is 15.7. The quantitative estimate of drug-likeness (QED) is 0.698. The average molecular weight is 376 g/mol. The number of ketones is 1. The zero-order valence-corrected chi connectivity index (χ0v) is 14.9. The van der Waals surface area contributed by atoms with Gasteiger partial charge in [0.2, 0.25) is 11.6 Å². The van der Waals surface area contributed by atoms with Crippen molar-refractivity contribution < 1.29 is 13.8 Å². The Morgan fingerprint density at radius 2 is 1.68 bits per heavy atom. The molecule has 7 heteroatoms. The van der Waals surface area contributed by atoms with Crippen molar-refractivity contribution in [3.8, 4) is 0 Å². The van der Waals surface area contributed by atoms with Gasteiger partial charge in [-0.05, 0) is 45.9 Å². The number of hydrogen-bond acceptors (Lipinski definition) is 6. The smallest absolute Gasteiger partial charge is 0.219 e. The number of rotatable bonds is 2. The van der Waals surface area contributed by atoms with Crippen LogP contribution in [0.15, 0.2) is 70.5 Å². The van der Waals surface area contributed by atoms with E-state index in [-0.39, 0.29) is 23.6 Å². The molecule has 3 aromatic rings. The number of benzene rings is 2. The van der Waals surface area contributed by atoms with Crippen LogP contribution in [0, 0.1) is 5.82 Å². The summed E-state index contributed by atoms with van der Waals surface area (Å²) in [5.41, 5.74) is 3.38. The summed E-state index contributed by atoms with van der Waals surface area (Å²) in [5, 5.41) is 14.4. The molecule has 0 amide bonds. The molecule has 0 fully saturated rings. The highest BCUT2D eigenvalue weighted by molar-refractivity contribution is 6.00. The molecule has 2 heterocycles. The Hall–Kier alpha value is -3.48. The molecule has 28 heavy (non-hydrogen) atoms. The fraction of sp³-hybridized carbons (Fsp3) is 0.190. The van der Waals surface area contributed by atoms with Crippen molar-refractivity contribution in [3.05, 3.63) is 82.8 Å². The summed E-state index contributed by atoms with van der Waals surface area (Å²) in [7, 11) is 0. The van der Waals surface area contributed by atoms with Crippen LogP contribution in [-0.4, -0.2) is 16.1 Å². The number of carbonyl (C=O) groups excluding carboxylic acids is 1. The maximum absolute atomic E-state index is 13.3. The lowest BCUT2D eigenvalue weighted by Crippen LogP contribution is -2.27. The van der Waals surface area contributed by atoms with Crippen LogP contribution in [0.1, 0.15) is 35.9 Å². The van der Waals surface area contributed by atoms with Gasteiger partial charge < -0.3 is 10.6 Å². The van der Waals surface area contributed by atoms with Crippen molar-refractivity contribution in [1.29, 1.82) is 0 Å². The third-order valence-corrected chi connectivity index (χ3v) is 5.31. The van der Waals surface area contributed by atoms with E-state index in [2.05, 4.69) is 20.9 Å². The number of anilines is 2. The number of aromatic nitrogens is 2. The molecule has 2 N–H and O–H groups in total. The molecule has 6 nitrogen and oxygen atoms in total. The number of hydrogen-bond donors (Lipinski definition) is 2. The van der Waals surface area contributed by atoms with Crippen LogP contribution in [0.2, 0.25) is 0 Å². The summed E-state index contributed by atoms with van der Waals surface area (Å²) < 4.78 is 18.2. The molecule has 0 radical (unpaired) electrons. The molecular formula is C21H17FN4O2. The Kier molecular flexibility index (Phi) is 3.93. The van der Waals surface area contributed by atoms with E-state index in [1.54, 1.807) is 12.1 Å². The first-order valence-electron chi connectivity index (χ1n) is 9.12. The molecule has 2 aliphatic rings. The highest BCUT2D eigenvalue weighted by Gasteiger charge is 2.37. The van der Waals surface area contributed by atoms with Crippen LogP contribution in [0.4, 0.5) is 16.0 Å². The molecule has 5 rings (SSSR count). The van der Waals surface area contributed by atoms with E-state index in [0.717, 1.165) is 16.8 Å². The number of nitrogens with one attached hydrogen (secondary N) is 2. The van der Waals surface area contributed by atoms with Gasteiger partial charge in [-0.15, -0.1) is 0 Å². The van der Waals surface area contributed by atoms with Gasteiger partial charge in [-0.3, -0.25) is 4.79 Å². The highest BCUT2D eigenvalue weighted by Crippen LogP contribution is 2.43. The van der Waals surface area contributed by atoms with E-state index < -0.39 is 0 Å². The summed E-state index contributed by atoms with van der Waals surface area (Å²) in [5.74, 6) is 0.654. The summed E-state index contributed by atoms with van der Waals surface area (Å²) in [6.45, 7) is 0. The van der Waals surface area contributed by atoms with Crippen molar-refractivity contribution in [2.24, 2.45) is 0 Å². The van der Waals surface area contributed by atoms with Crippen molar-refractivity contribution in [2.45, 2.75) is 24.8 Å². The van der Waals surface area contributed by atoms with Gasteiger partial charge in [0.15, 0.2) is 5.78 Å². The zero-order chi connectivity index (χ0) is 19.1. The topological polar surface area (TPSA) is 80.1 Å². The minimum atomic E-state index is -0.349. The second-order valence-corrected chi connectivity index (χ2v) is 7.05. The fourth-order valence-corrected chi connectivity index (χ4v) is 3.97. The molecule has 0 saturated carbocycles. The van der Waals surface area contributed by atoms with Gasteiger partial charge in [0, 0.05) is 17.7 Å². The van der Waals surface area contributed by atoms with Crippen molar-refractivity contribution in [2.75, 3.05) is 10.6 Å². The molecule has 0 bridgehead atoms. The average Bonchev–Trinajstić information content (AvgIpc) is 3.08. The number of allylic oxidation sites excluding steroid dienone is 1. The van der Waals surface area contributed by atoms with Gasteiger partial charge in [0.05, 0.1) is 6.04 Å². The molecule has 2 aromatic carbocycles. The summed E-state index contributed by atoms with van der Waals surface area (Å²) in [4.78, 5) is 13.2. The molecule has 0 saturated heterocycles. The Balaban J connectivity index is 1.58. The lowest BCUT2D eigenvalue weighted by atomic mass is 9.78. The zero-order valence-electron chi connectivity index (χ0n) is 14.9. The van der Waals surface area contributed by atoms with Crippen molar-refractivity contribution in [1.82, 2.24) is 10.3 Å². The van der Waals surface area contributed by atoms with Gasteiger partial charge in [-0.25, -0.2) is 9.02 Å². The second-order valence-electron chi connectivity index (χ2n) is 7.05. The van der Waals surface area contributed by atoms with E-state index in [9.17, 15) is 9.18 Å². The monoisotopic (exact) mass is 376 g/mol. The number of halogens is 1. The molecule has 1 aliphatic carbocycles. The Morgan fingerprint density at radius 3 is 2.46 bits per heavy atom. The maximum Gasteiger partial charge on any atom is 0.219 e. The third-order valence-electron chi connectivity index (χ3n) is 5.31. The maximum atomic E-state index is 13.3. The number of fused-ring (bicyclic) bond motifs is 1. The van der Waals surface area contributed by atoms with Gasteiger partial charge in [-0.1, -0.05) is 42.5 Å². The Morgan fingerprint density at radius 1 is 0.929 bits per heavy atom. The fourth-order valence-electron chi connectivity index (χ4n) is 3.97. The number of Topliss-reactive ketones (excluding diaryl/α,β-unsaturated/α-hetero) is 1. The largest absolute Gasteiger partial charge is 0.353 e. The van der Waals surface area contributed by atoms with E-state index in [4.69, 9.17) is 4.63 Å². The van der Waals surface area contributed by atoms with Crippen LogP contribution in [0.25, 0.3) is 0 Å². The van der Waals surface area contributed by atoms with E-state index in [0.29, 0.717) is 30.1 Å². The summed E-state index contributed by atoms with van der Waals surface area (Å²) in [6.07, 6.45) is 0.983. The van der Waals surface area contributed by atoms with Crippen molar-refractivity contribution in [3.63, 3.8) is 0 Å². The molecule has 2 unspecified atom stereocenters. The molecule has 0 spiro atoms. The first-order chi connectivity index (χ1) is 13.7. The molecule has 1 aliphatic heterocycles. The van der Waals surface area contributed by atoms with Gasteiger partial charge in [0.1, 0.15) is 5.82 Å². The SMILES string of the molecule is O=C1CC(c2ccc(F)cc2)CC2=C1C(c1ccccc1)Nc1nonc1N2. The van der Waals surface area contributed by atoms with Gasteiger partial charge >= 0.3 is 0 Å². The van der Waals surface area contributed by atoms with Gasteiger partial charge in [0.25, 0.3) is 0 Å². The minimum absolute atomic E-state index is 0.0304. The summed E-state index contributed by atoms with van der Waals surface area (Å²) >= 11 is 0. The Labute approximate surface area is 160 Å². The first-order valence-corrected chi connectivity index (χ1v) is 9.12. The molecule has 2 atom stereocenters. The predicted molar refractivity (Wildman–Crippen MR) is 101 cm³/mol. The van der Waals surface area contributed by atoms with Crippen LogP contribution in [-0.2, 0) is 4.79 Å². The lowest BCUT2D eigenvalue weighted by molar-refractivity contribution is -0.116. The lowest BCUT2D eigenvalue weighted by Gasteiger charge is -2.29.